The Bertz CT molecular complexity index is 1060. The van der Waals surface area contributed by atoms with Crippen molar-refractivity contribution in [2.45, 2.75) is 65.3 Å². The molecule has 0 unspecified atom stereocenters. The number of ketones is 1. The van der Waals surface area contributed by atoms with Gasteiger partial charge in [-0.15, -0.1) is 0 Å². The largest absolute Gasteiger partial charge is 0.459 e. The summed E-state index contributed by atoms with van der Waals surface area (Å²) in [4.78, 5) is 39.5. The molecule has 1 fully saturated rings. The summed E-state index contributed by atoms with van der Waals surface area (Å²) in [7, 11) is 0. The number of ether oxygens (including phenoxy) is 1. The van der Waals surface area contributed by atoms with Crippen molar-refractivity contribution in [3.05, 3.63) is 58.8 Å². The van der Waals surface area contributed by atoms with Crippen LogP contribution in [0.3, 0.4) is 0 Å². The lowest BCUT2D eigenvalue weighted by atomic mass is 9.97. The van der Waals surface area contributed by atoms with Crippen molar-refractivity contribution in [2.75, 3.05) is 19.7 Å². The minimum atomic E-state index is -0.364. The number of piperidine rings is 1. The Morgan fingerprint density at radius 1 is 1.15 bits per heavy atom. The molecule has 2 aromatic rings. The van der Waals surface area contributed by atoms with Crippen LogP contribution in [0.25, 0.3) is 0 Å². The van der Waals surface area contributed by atoms with Gasteiger partial charge >= 0.3 is 5.97 Å². The summed E-state index contributed by atoms with van der Waals surface area (Å²) in [5.41, 5.74) is 4.12. The number of esters is 1. The summed E-state index contributed by atoms with van der Waals surface area (Å²) < 4.78 is 12.8. The van der Waals surface area contributed by atoms with E-state index in [2.05, 4.69) is 10.6 Å². The molecule has 1 saturated heterocycles. The van der Waals surface area contributed by atoms with Gasteiger partial charge in [0.15, 0.2) is 12.4 Å². The van der Waals surface area contributed by atoms with Gasteiger partial charge in [0, 0.05) is 36.6 Å². The number of Topliss-reactive ketones (excluding diaryl/α,β-unsaturated/α-hetero) is 1. The number of aromatic nitrogens is 1. The molecular weight excluding hydrogens is 432 g/mol. The van der Waals surface area contributed by atoms with Crippen LogP contribution in [0, 0.1) is 19.8 Å². The number of furan rings is 1. The van der Waals surface area contributed by atoms with Crippen molar-refractivity contribution in [2.24, 2.45) is 5.92 Å². The van der Waals surface area contributed by atoms with Crippen molar-refractivity contribution in [1.29, 1.82) is 0 Å². The number of amides is 1. The Morgan fingerprint density at radius 3 is 2.62 bits per heavy atom. The Labute approximate surface area is 200 Å². The van der Waals surface area contributed by atoms with Crippen LogP contribution < -0.4 is 0 Å². The molecule has 0 atom stereocenters. The van der Waals surface area contributed by atoms with Gasteiger partial charge < -0.3 is 18.6 Å². The molecule has 3 heterocycles. The molecule has 0 N–H and O–H groups in total. The highest BCUT2D eigenvalue weighted by atomic mass is 16.5. The van der Waals surface area contributed by atoms with Gasteiger partial charge in [-0.2, -0.15) is 0 Å². The van der Waals surface area contributed by atoms with Crippen LogP contribution >= 0.6 is 0 Å². The molecule has 4 rings (SSSR count). The lowest BCUT2D eigenvalue weighted by Crippen LogP contribution is -2.40. The van der Waals surface area contributed by atoms with Crippen molar-refractivity contribution in [3.63, 3.8) is 0 Å². The van der Waals surface area contributed by atoms with E-state index in [1.54, 1.807) is 17.0 Å². The first-order valence-corrected chi connectivity index (χ1v) is 12.3. The Balaban J connectivity index is 1.26. The number of likely N-dealkylation sites (tertiary alicyclic amines) is 1. The first kappa shape index (κ1) is 24.0. The molecule has 1 aliphatic heterocycles. The first-order chi connectivity index (χ1) is 16.4. The fourth-order valence-electron chi connectivity index (χ4n) is 5.02. The molecule has 0 aromatic carbocycles. The SMILES string of the molecule is Cc1cc(C(=O)COC(=O)C2CCN(C(=O)c3ccco3)CC2)c(C)n1CCC1=CCCCC1. The molecule has 7 heteroatoms. The maximum atomic E-state index is 12.8. The summed E-state index contributed by atoms with van der Waals surface area (Å²) >= 11 is 0. The molecule has 0 spiro atoms. The lowest BCUT2D eigenvalue weighted by Gasteiger charge is -2.30. The van der Waals surface area contributed by atoms with E-state index in [-0.39, 0.29) is 30.2 Å². The Hall–Kier alpha value is -3.09. The second kappa shape index (κ2) is 10.9. The lowest BCUT2D eigenvalue weighted by molar-refractivity contribution is -0.148. The van der Waals surface area contributed by atoms with E-state index in [1.807, 2.05) is 19.9 Å². The minimum Gasteiger partial charge on any atom is -0.459 e. The predicted molar refractivity (Wildman–Crippen MR) is 128 cm³/mol. The number of carbonyl (C=O) groups is 3. The number of carbonyl (C=O) groups excluding carboxylic acids is 3. The standard InChI is InChI=1S/C27H34N2O5/c1-19-17-23(20(2)29(19)15-10-21-7-4-3-5-8-21)24(30)18-34-27(32)22-11-13-28(14-12-22)26(31)25-9-6-16-33-25/h6-7,9,16-17,22H,3-5,8,10-15,18H2,1-2H3. The van der Waals surface area contributed by atoms with Gasteiger partial charge in [0.1, 0.15) is 0 Å². The monoisotopic (exact) mass is 466 g/mol. The molecule has 34 heavy (non-hydrogen) atoms. The number of hydrogen-bond acceptors (Lipinski definition) is 5. The second-order valence-corrected chi connectivity index (χ2v) is 9.37. The average molecular weight is 467 g/mol. The van der Waals surface area contributed by atoms with E-state index in [0.717, 1.165) is 24.4 Å². The minimum absolute atomic E-state index is 0.165. The van der Waals surface area contributed by atoms with Gasteiger partial charge in [-0.3, -0.25) is 14.4 Å². The molecule has 2 aromatic heterocycles. The van der Waals surface area contributed by atoms with Gasteiger partial charge in [-0.05, 0) is 77.0 Å². The van der Waals surface area contributed by atoms with E-state index in [9.17, 15) is 14.4 Å². The summed E-state index contributed by atoms with van der Waals surface area (Å²) in [5.74, 6) is -0.696. The van der Waals surface area contributed by atoms with Crippen molar-refractivity contribution in [3.8, 4) is 0 Å². The van der Waals surface area contributed by atoms with Crippen LogP contribution in [0.15, 0.2) is 40.5 Å². The normalized spacial score (nSPS) is 16.9. The summed E-state index contributed by atoms with van der Waals surface area (Å²) in [6.07, 6.45) is 10.8. The first-order valence-electron chi connectivity index (χ1n) is 12.3. The highest BCUT2D eigenvalue weighted by Gasteiger charge is 2.30. The average Bonchev–Trinajstić information content (AvgIpc) is 3.50. The van der Waals surface area contributed by atoms with Gasteiger partial charge in [-0.1, -0.05) is 11.6 Å². The smallest absolute Gasteiger partial charge is 0.309 e. The van der Waals surface area contributed by atoms with Crippen LogP contribution in [0.4, 0.5) is 0 Å². The van der Waals surface area contributed by atoms with E-state index >= 15 is 0 Å². The molecule has 0 bridgehead atoms. The van der Waals surface area contributed by atoms with Gasteiger partial charge in [-0.25, -0.2) is 0 Å². The van der Waals surface area contributed by atoms with Crippen molar-refractivity contribution >= 4 is 17.7 Å². The zero-order valence-corrected chi connectivity index (χ0v) is 20.2. The van der Waals surface area contributed by atoms with E-state index in [0.29, 0.717) is 37.3 Å². The number of nitrogens with zero attached hydrogens (tertiary/aromatic N) is 2. The molecule has 0 saturated carbocycles. The number of rotatable bonds is 8. The number of hydrogen-bond donors (Lipinski definition) is 0. The molecule has 1 aliphatic carbocycles. The topological polar surface area (TPSA) is 81.8 Å². The van der Waals surface area contributed by atoms with Gasteiger partial charge in [0.05, 0.1) is 12.2 Å². The Kier molecular flexibility index (Phi) is 7.70. The second-order valence-electron chi connectivity index (χ2n) is 9.37. The summed E-state index contributed by atoms with van der Waals surface area (Å²) in [6.45, 7) is 5.52. The fourth-order valence-corrected chi connectivity index (χ4v) is 5.02. The zero-order valence-electron chi connectivity index (χ0n) is 20.2. The molecule has 2 aliphatic rings. The highest BCUT2D eigenvalue weighted by Crippen LogP contribution is 2.24. The van der Waals surface area contributed by atoms with Crippen LogP contribution in [-0.4, -0.2) is 46.8 Å². The highest BCUT2D eigenvalue weighted by molar-refractivity contribution is 5.99. The third-order valence-corrected chi connectivity index (χ3v) is 7.11. The third kappa shape index (κ3) is 5.51. The van der Waals surface area contributed by atoms with Gasteiger partial charge in [0.2, 0.25) is 5.78 Å². The zero-order chi connectivity index (χ0) is 24.1. The molecule has 7 nitrogen and oxygen atoms in total. The third-order valence-electron chi connectivity index (χ3n) is 7.11. The summed E-state index contributed by atoms with van der Waals surface area (Å²) in [5, 5.41) is 0. The van der Waals surface area contributed by atoms with E-state index < -0.39 is 0 Å². The van der Waals surface area contributed by atoms with Crippen LogP contribution in [0.2, 0.25) is 0 Å². The van der Waals surface area contributed by atoms with E-state index in [1.165, 1.54) is 37.5 Å². The quantitative estimate of drug-likeness (QED) is 0.315. The van der Waals surface area contributed by atoms with Crippen LogP contribution in [0.1, 0.15) is 77.2 Å². The van der Waals surface area contributed by atoms with Crippen molar-refractivity contribution in [1.82, 2.24) is 9.47 Å². The van der Waals surface area contributed by atoms with E-state index in [4.69, 9.17) is 9.15 Å². The fraction of sp³-hybridized carbons (Fsp3) is 0.519. The van der Waals surface area contributed by atoms with Gasteiger partial charge in [0.25, 0.3) is 5.91 Å². The maximum absolute atomic E-state index is 12.8. The van der Waals surface area contributed by atoms with Crippen LogP contribution in [0.5, 0.6) is 0 Å². The number of aryl methyl sites for hydroxylation is 1. The summed E-state index contributed by atoms with van der Waals surface area (Å²) in [6, 6.07) is 5.22. The van der Waals surface area contributed by atoms with Crippen LogP contribution in [-0.2, 0) is 16.1 Å². The predicted octanol–water partition coefficient (Wildman–Crippen LogP) is 4.87. The Morgan fingerprint density at radius 2 is 1.94 bits per heavy atom. The van der Waals surface area contributed by atoms with Crippen molar-refractivity contribution < 1.29 is 23.5 Å². The molecule has 0 radical (unpaired) electrons. The number of allylic oxidation sites excluding steroid dienone is 2. The molecule has 1 amide bonds. The molecule has 182 valence electrons. The molecular formula is C27H34N2O5. The maximum Gasteiger partial charge on any atom is 0.309 e.